The van der Waals surface area contributed by atoms with Crippen molar-refractivity contribution in [1.82, 2.24) is 0 Å². The molecule has 0 fully saturated rings. The fourth-order valence-electron chi connectivity index (χ4n) is 2.01. The van der Waals surface area contributed by atoms with E-state index in [4.69, 9.17) is 16.7 Å². The van der Waals surface area contributed by atoms with Crippen LogP contribution in [0.1, 0.15) is 21.5 Å². The van der Waals surface area contributed by atoms with E-state index in [1.807, 2.05) is 0 Å². The van der Waals surface area contributed by atoms with E-state index in [0.717, 1.165) is 6.07 Å². The third kappa shape index (κ3) is 3.46. The SMILES string of the molecule is Cc1cc(C(=O)O)cc(S(=O)(=O)Nc2cccc(Cl)c2F)c1C. The van der Waals surface area contributed by atoms with Gasteiger partial charge in [-0.25, -0.2) is 17.6 Å². The van der Waals surface area contributed by atoms with E-state index in [9.17, 15) is 17.6 Å². The van der Waals surface area contributed by atoms with E-state index in [1.54, 1.807) is 13.8 Å². The van der Waals surface area contributed by atoms with Gasteiger partial charge in [-0.15, -0.1) is 0 Å². The maximum absolute atomic E-state index is 13.9. The molecule has 0 amide bonds. The first-order chi connectivity index (χ1) is 10.6. The molecule has 0 aromatic heterocycles. The highest BCUT2D eigenvalue weighted by Crippen LogP contribution is 2.27. The van der Waals surface area contributed by atoms with Crippen LogP contribution in [0.15, 0.2) is 35.2 Å². The smallest absolute Gasteiger partial charge is 0.335 e. The molecule has 5 nitrogen and oxygen atoms in total. The van der Waals surface area contributed by atoms with Gasteiger partial charge in [0.05, 0.1) is 21.2 Å². The van der Waals surface area contributed by atoms with Crippen LogP contribution < -0.4 is 4.72 Å². The Balaban J connectivity index is 2.56. The fourth-order valence-corrected chi connectivity index (χ4v) is 3.59. The van der Waals surface area contributed by atoms with Gasteiger partial charge in [0.1, 0.15) is 0 Å². The van der Waals surface area contributed by atoms with Gasteiger partial charge in [-0.3, -0.25) is 4.72 Å². The number of sulfonamides is 1. The van der Waals surface area contributed by atoms with Gasteiger partial charge in [0, 0.05) is 0 Å². The first kappa shape index (κ1) is 17.2. The number of hydrogen-bond acceptors (Lipinski definition) is 3. The van der Waals surface area contributed by atoms with Gasteiger partial charge in [0.25, 0.3) is 10.0 Å². The van der Waals surface area contributed by atoms with E-state index in [2.05, 4.69) is 4.72 Å². The number of halogens is 2. The van der Waals surface area contributed by atoms with Gasteiger partial charge >= 0.3 is 5.97 Å². The molecule has 122 valence electrons. The molecule has 23 heavy (non-hydrogen) atoms. The predicted octanol–water partition coefficient (Wildman–Crippen LogP) is 3.59. The lowest BCUT2D eigenvalue weighted by molar-refractivity contribution is 0.0696. The van der Waals surface area contributed by atoms with Crippen LogP contribution in [-0.2, 0) is 10.0 Å². The third-order valence-electron chi connectivity index (χ3n) is 3.35. The van der Waals surface area contributed by atoms with Crippen molar-refractivity contribution in [3.05, 3.63) is 57.9 Å². The Hall–Kier alpha value is -2.12. The van der Waals surface area contributed by atoms with Crippen molar-refractivity contribution in [3.63, 3.8) is 0 Å². The summed E-state index contributed by atoms with van der Waals surface area (Å²) in [5.41, 5.74) is 0.400. The number of nitrogens with one attached hydrogen (secondary N) is 1. The largest absolute Gasteiger partial charge is 0.478 e. The molecule has 0 aliphatic rings. The highest BCUT2D eigenvalue weighted by molar-refractivity contribution is 7.92. The lowest BCUT2D eigenvalue weighted by Crippen LogP contribution is -2.17. The molecule has 2 rings (SSSR count). The highest BCUT2D eigenvalue weighted by Gasteiger charge is 2.22. The van der Waals surface area contributed by atoms with Gasteiger partial charge < -0.3 is 5.11 Å². The molecule has 0 spiro atoms. The van der Waals surface area contributed by atoms with E-state index in [1.165, 1.54) is 24.3 Å². The highest BCUT2D eigenvalue weighted by atomic mass is 35.5. The third-order valence-corrected chi connectivity index (χ3v) is 5.14. The van der Waals surface area contributed by atoms with Crippen LogP contribution >= 0.6 is 11.6 Å². The van der Waals surface area contributed by atoms with Crippen LogP contribution in [0.3, 0.4) is 0 Å². The van der Waals surface area contributed by atoms with Crippen LogP contribution in [0.25, 0.3) is 0 Å². The summed E-state index contributed by atoms with van der Waals surface area (Å²) >= 11 is 5.62. The van der Waals surface area contributed by atoms with Crippen LogP contribution in [0.5, 0.6) is 0 Å². The topological polar surface area (TPSA) is 83.5 Å². The van der Waals surface area contributed by atoms with Gasteiger partial charge in [0.15, 0.2) is 5.82 Å². The average molecular weight is 358 g/mol. The zero-order valence-electron chi connectivity index (χ0n) is 12.2. The summed E-state index contributed by atoms with van der Waals surface area (Å²) in [5, 5.41) is 8.84. The van der Waals surface area contributed by atoms with E-state index >= 15 is 0 Å². The summed E-state index contributed by atoms with van der Waals surface area (Å²) in [6.07, 6.45) is 0. The summed E-state index contributed by atoms with van der Waals surface area (Å²) in [5.74, 6) is -2.15. The first-order valence-electron chi connectivity index (χ1n) is 6.45. The molecule has 0 heterocycles. The second kappa shape index (κ2) is 6.17. The minimum atomic E-state index is -4.17. The van der Waals surface area contributed by atoms with Gasteiger partial charge in [-0.05, 0) is 49.2 Å². The predicted molar refractivity (Wildman–Crippen MR) is 85.1 cm³/mol. The normalized spacial score (nSPS) is 11.3. The molecular formula is C15H13ClFNO4S. The molecule has 8 heteroatoms. The molecule has 0 saturated heterocycles. The second-order valence-electron chi connectivity index (χ2n) is 4.93. The lowest BCUT2D eigenvalue weighted by atomic mass is 10.1. The zero-order valence-corrected chi connectivity index (χ0v) is 13.8. The Labute approximate surface area is 137 Å². The maximum atomic E-state index is 13.9. The summed E-state index contributed by atoms with van der Waals surface area (Å²) in [4.78, 5) is 10.9. The minimum absolute atomic E-state index is 0.167. The Kier molecular flexibility index (Phi) is 4.63. The summed E-state index contributed by atoms with van der Waals surface area (Å²) < 4.78 is 41.0. The molecule has 0 atom stereocenters. The van der Waals surface area contributed by atoms with Crippen LogP contribution in [0.4, 0.5) is 10.1 Å². The number of benzene rings is 2. The second-order valence-corrected chi connectivity index (χ2v) is 6.99. The van der Waals surface area contributed by atoms with E-state index in [0.29, 0.717) is 11.1 Å². The molecule has 2 aromatic carbocycles. The molecule has 0 aliphatic heterocycles. The molecule has 0 aliphatic carbocycles. The van der Waals surface area contributed by atoms with Crippen LogP contribution in [0.2, 0.25) is 5.02 Å². The molecule has 0 radical (unpaired) electrons. The Morgan fingerprint density at radius 2 is 1.91 bits per heavy atom. The van der Waals surface area contributed by atoms with Gasteiger partial charge in [-0.1, -0.05) is 17.7 Å². The quantitative estimate of drug-likeness (QED) is 0.875. The number of aromatic carboxylic acids is 1. The number of anilines is 1. The standard InChI is InChI=1S/C15H13ClFNO4S/c1-8-6-10(15(19)20)7-13(9(8)2)23(21,22)18-12-5-3-4-11(16)14(12)17/h3-7,18H,1-2H3,(H,19,20). The average Bonchev–Trinajstić information content (AvgIpc) is 2.46. The number of rotatable bonds is 4. The Morgan fingerprint density at radius 1 is 1.26 bits per heavy atom. The maximum Gasteiger partial charge on any atom is 0.335 e. The van der Waals surface area contributed by atoms with Crippen molar-refractivity contribution < 1.29 is 22.7 Å². The van der Waals surface area contributed by atoms with Crippen molar-refractivity contribution in [1.29, 1.82) is 0 Å². The number of hydrogen-bond donors (Lipinski definition) is 2. The van der Waals surface area contributed by atoms with E-state index in [-0.39, 0.29) is 21.2 Å². The fraction of sp³-hybridized carbons (Fsp3) is 0.133. The van der Waals surface area contributed by atoms with Gasteiger partial charge in [-0.2, -0.15) is 0 Å². The van der Waals surface area contributed by atoms with Crippen molar-refractivity contribution in [2.75, 3.05) is 4.72 Å². The Morgan fingerprint density at radius 3 is 2.52 bits per heavy atom. The minimum Gasteiger partial charge on any atom is -0.478 e. The molecule has 2 aromatic rings. The number of carboxylic acids is 1. The molecule has 0 saturated carbocycles. The zero-order chi connectivity index (χ0) is 17.4. The van der Waals surface area contributed by atoms with Crippen molar-refractivity contribution in [2.45, 2.75) is 18.7 Å². The van der Waals surface area contributed by atoms with E-state index < -0.39 is 21.8 Å². The van der Waals surface area contributed by atoms with Crippen molar-refractivity contribution >= 4 is 33.3 Å². The number of carboxylic acid groups (broad SMARTS) is 1. The monoisotopic (exact) mass is 357 g/mol. The summed E-state index contributed by atoms with van der Waals surface area (Å²) in [6, 6.07) is 6.32. The molecule has 0 bridgehead atoms. The molecule has 0 unspecified atom stereocenters. The number of aryl methyl sites for hydroxylation is 1. The number of carbonyl (C=O) groups is 1. The van der Waals surface area contributed by atoms with Crippen molar-refractivity contribution in [2.24, 2.45) is 0 Å². The lowest BCUT2D eigenvalue weighted by Gasteiger charge is -2.14. The van der Waals surface area contributed by atoms with Crippen LogP contribution in [-0.4, -0.2) is 19.5 Å². The summed E-state index contributed by atoms with van der Waals surface area (Å²) in [7, 11) is -4.17. The summed E-state index contributed by atoms with van der Waals surface area (Å²) in [6.45, 7) is 3.14. The van der Waals surface area contributed by atoms with Gasteiger partial charge in [0.2, 0.25) is 0 Å². The van der Waals surface area contributed by atoms with Crippen LogP contribution in [0, 0.1) is 19.7 Å². The first-order valence-corrected chi connectivity index (χ1v) is 8.31. The van der Waals surface area contributed by atoms with Crippen molar-refractivity contribution in [3.8, 4) is 0 Å². The molecular weight excluding hydrogens is 345 g/mol. The Bertz CT molecular complexity index is 897. The molecule has 2 N–H and O–H groups in total.